The minimum atomic E-state index is -0.616. The predicted molar refractivity (Wildman–Crippen MR) is 81.4 cm³/mol. The molecule has 0 bridgehead atoms. The van der Waals surface area contributed by atoms with Crippen molar-refractivity contribution >= 4 is 11.9 Å². The van der Waals surface area contributed by atoms with Crippen LogP contribution in [0, 0.1) is 0 Å². The zero-order valence-corrected chi connectivity index (χ0v) is 12.8. The second kappa shape index (κ2) is 6.95. The largest absolute Gasteiger partial charge is 0.372 e. The van der Waals surface area contributed by atoms with Crippen molar-refractivity contribution < 1.29 is 18.7 Å². The van der Waals surface area contributed by atoms with Crippen LogP contribution in [0.4, 0.5) is 9.18 Å². The Bertz CT molecular complexity index is 571. The number of carbonyl (C=O) groups is 2. The fourth-order valence-corrected chi connectivity index (χ4v) is 2.88. The third kappa shape index (κ3) is 3.61. The monoisotopic (exact) mass is 321 g/mol. The van der Waals surface area contributed by atoms with E-state index in [0.29, 0.717) is 26.2 Å². The molecule has 2 aliphatic rings. The average Bonchev–Trinajstić information content (AvgIpc) is 3.03. The normalized spacial score (nSPS) is 20.3. The van der Waals surface area contributed by atoms with Gasteiger partial charge in [0.25, 0.3) is 0 Å². The van der Waals surface area contributed by atoms with Crippen molar-refractivity contribution in [1.29, 1.82) is 0 Å². The summed E-state index contributed by atoms with van der Waals surface area (Å²) in [5, 5.41) is 2.62. The van der Waals surface area contributed by atoms with E-state index < -0.39 is 12.8 Å². The van der Waals surface area contributed by atoms with E-state index in [0.717, 1.165) is 11.1 Å². The number of hydrogen-bond donors (Lipinski definition) is 1. The molecule has 124 valence electrons. The van der Waals surface area contributed by atoms with Gasteiger partial charge in [0.15, 0.2) is 0 Å². The highest BCUT2D eigenvalue weighted by Gasteiger charge is 2.26. The van der Waals surface area contributed by atoms with E-state index in [-0.39, 0.29) is 25.0 Å². The van der Waals surface area contributed by atoms with Gasteiger partial charge in [-0.1, -0.05) is 24.3 Å². The van der Waals surface area contributed by atoms with Crippen LogP contribution in [0.1, 0.15) is 11.1 Å². The van der Waals surface area contributed by atoms with E-state index in [4.69, 9.17) is 4.74 Å². The van der Waals surface area contributed by atoms with E-state index in [2.05, 4.69) is 5.32 Å². The molecular weight excluding hydrogens is 301 g/mol. The number of carbonyl (C=O) groups excluding carboxylic acids is 2. The van der Waals surface area contributed by atoms with Gasteiger partial charge in [0.05, 0.1) is 19.7 Å². The molecule has 3 rings (SSSR count). The Kier molecular flexibility index (Phi) is 4.76. The Morgan fingerprint density at radius 1 is 1.22 bits per heavy atom. The van der Waals surface area contributed by atoms with Crippen molar-refractivity contribution in [3.63, 3.8) is 0 Å². The molecule has 1 saturated heterocycles. The van der Waals surface area contributed by atoms with Crippen LogP contribution in [0.5, 0.6) is 0 Å². The fraction of sp³-hybridized carbons (Fsp3) is 0.500. The first-order valence-electron chi connectivity index (χ1n) is 7.72. The number of nitrogens with one attached hydrogen (secondary N) is 1. The number of urea groups is 1. The summed E-state index contributed by atoms with van der Waals surface area (Å²) in [6, 6.07) is 7.57. The van der Waals surface area contributed by atoms with E-state index in [1.54, 1.807) is 4.90 Å². The van der Waals surface area contributed by atoms with Crippen LogP contribution in [-0.4, -0.2) is 60.8 Å². The van der Waals surface area contributed by atoms with Crippen molar-refractivity contribution in [2.24, 2.45) is 0 Å². The second-order valence-electron chi connectivity index (χ2n) is 5.77. The van der Waals surface area contributed by atoms with Gasteiger partial charge in [0.1, 0.15) is 12.8 Å². The van der Waals surface area contributed by atoms with Crippen LogP contribution in [0.3, 0.4) is 0 Å². The van der Waals surface area contributed by atoms with Crippen LogP contribution in [-0.2, 0) is 22.6 Å². The molecule has 6 nitrogen and oxygen atoms in total. The molecule has 0 saturated carbocycles. The number of rotatable bonds is 3. The number of benzene rings is 1. The number of halogens is 1. The van der Waals surface area contributed by atoms with Gasteiger partial charge in [0.2, 0.25) is 5.91 Å². The molecule has 7 heteroatoms. The minimum absolute atomic E-state index is 0.0511. The Labute approximate surface area is 134 Å². The van der Waals surface area contributed by atoms with Crippen LogP contribution >= 0.6 is 0 Å². The first-order valence-corrected chi connectivity index (χ1v) is 7.72. The summed E-state index contributed by atoms with van der Waals surface area (Å²) in [4.78, 5) is 27.5. The van der Waals surface area contributed by atoms with E-state index >= 15 is 0 Å². The number of hydrogen-bond acceptors (Lipinski definition) is 3. The number of amides is 3. The van der Waals surface area contributed by atoms with E-state index in [9.17, 15) is 14.0 Å². The van der Waals surface area contributed by atoms with E-state index in [1.807, 2.05) is 24.3 Å². The summed E-state index contributed by atoms with van der Waals surface area (Å²) in [5.41, 5.74) is 2.29. The number of ether oxygens (including phenoxy) is 1. The topological polar surface area (TPSA) is 61.9 Å². The Hall–Kier alpha value is -2.15. The van der Waals surface area contributed by atoms with Crippen molar-refractivity contribution in [3.8, 4) is 0 Å². The molecule has 1 atom stereocenters. The van der Waals surface area contributed by atoms with Gasteiger partial charge in [-0.2, -0.15) is 0 Å². The highest BCUT2D eigenvalue weighted by molar-refractivity contribution is 5.84. The maximum atomic E-state index is 12.6. The summed E-state index contributed by atoms with van der Waals surface area (Å²) in [7, 11) is 0. The lowest BCUT2D eigenvalue weighted by atomic mass is 10.1. The lowest BCUT2D eigenvalue weighted by Crippen LogP contribution is -2.51. The van der Waals surface area contributed by atoms with Crippen molar-refractivity contribution in [2.75, 3.05) is 32.9 Å². The highest BCUT2D eigenvalue weighted by Crippen LogP contribution is 2.21. The van der Waals surface area contributed by atoms with Crippen LogP contribution in [0.15, 0.2) is 24.3 Å². The van der Waals surface area contributed by atoms with Gasteiger partial charge in [0, 0.05) is 19.6 Å². The van der Waals surface area contributed by atoms with Gasteiger partial charge in [-0.25, -0.2) is 9.18 Å². The third-order valence-corrected chi connectivity index (χ3v) is 4.18. The highest BCUT2D eigenvalue weighted by atomic mass is 19.1. The molecule has 2 aliphatic heterocycles. The van der Waals surface area contributed by atoms with Gasteiger partial charge in [-0.05, 0) is 11.1 Å². The lowest BCUT2D eigenvalue weighted by molar-refractivity contribution is -0.130. The Morgan fingerprint density at radius 3 is 2.57 bits per heavy atom. The first kappa shape index (κ1) is 15.7. The molecule has 2 heterocycles. The molecule has 1 aromatic carbocycles. The third-order valence-electron chi connectivity index (χ3n) is 4.18. The van der Waals surface area contributed by atoms with Gasteiger partial charge < -0.3 is 19.9 Å². The molecule has 0 spiro atoms. The molecule has 0 aromatic heterocycles. The summed E-state index contributed by atoms with van der Waals surface area (Å²) in [6.45, 7) is 1.42. The van der Waals surface area contributed by atoms with Crippen LogP contribution in [0.25, 0.3) is 0 Å². The van der Waals surface area contributed by atoms with Gasteiger partial charge >= 0.3 is 6.03 Å². The smallest absolute Gasteiger partial charge is 0.318 e. The summed E-state index contributed by atoms with van der Waals surface area (Å²) in [6.07, 6.45) is -0.571. The minimum Gasteiger partial charge on any atom is -0.372 e. The molecule has 1 aromatic rings. The fourth-order valence-electron chi connectivity index (χ4n) is 2.88. The standard InChI is InChI=1S/C16H20FN3O3/c17-7-14-11-19(5-6-23-14)16(22)18-8-15(21)20-9-12-3-1-2-4-13(12)10-20/h1-4,14H,5-11H2,(H,18,22). The molecular formula is C16H20FN3O3. The predicted octanol–water partition coefficient (Wildman–Crippen LogP) is 0.909. The summed E-state index contributed by atoms with van der Waals surface area (Å²) in [5.74, 6) is -0.121. The Morgan fingerprint density at radius 2 is 1.91 bits per heavy atom. The number of fused-ring (bicyclic) bond motifs is 1. The molecule has 0 radical (unpaired) electrons. The number of nitrogens with zero attached hydrogens (tertiary/aromatic N) is 2. The quantitative estimate of drug-likeness (QED) is 0.900. The summed E-state index contributed by atoms with van der Waals surface area (Å²) >= 11 is 0. The maximum absolute atomic E-state index is 12.6. The number of morpholine rings is 1. The molecule has 23 heavy (non-hydrogen) atoms. The average molecular weight is 321 g/mol. The van der Waals surface area contributed by atoms with E-state index in [1.165, 1.54) is 4.90 Å². The second-order valence-corrected chi connectivity index (χ2v) is 5.77. The lowest BCUT2D eigenvalue weighted by Gasteiger charge is -2.31. The molecule has 1 N–H and O–H groups in total. The van der Waals surface area contributed by atoms with Crippen molar-refractivity contribution in [1.82, 2.24) is 15.1 Å². The molecule has 0 aliphatic carbocycles. The van der Waals surface area contributed by atoms with Crippen LogP contribution in [0.2, 0.25) is 0 Å². The Balaban J connectivity index is 1.47. The van der Waals surface area contributed by atoms with Gasteiger partial charge in [-0.15, -0.1) is 0 Å². The van der Waals surface area contributed by atoms with Gasteiger partial charge in [-0.3, -0.25) is 4.79 Å². The number of alkyl halides is 1. The zero-order chi connectivity index (χ0) is 16.2. The molecule has 1 fully saturated rings. The van der Waals surface area contributed by atoms with Crippen molar-refractivity contribution in [3.05, 3.63) is 35.4 Å². The zero-order valence-electron chi connectivity index (χ0n) is 12.8. The maximum Gasteiger partial charge on any atom is 0.318 e. The van der Waals surface area contributed by atoms with Crippen molar-refractivity contribution in [2.45, 2.75) is 19.2 Å². The molecule has 1 unspecified atom stereocenters. The van der Waals surface area contributed by atoms with Crippen LogP contribution < -0.4 is 5.32 Å². The first-order chi connectivity index (χ1) is 11.2. The summed E-state index contributed by atoms with van der Waals surface area (Å²) < 4.78 is 17.8. The molecule has 3 amide bonds. The SMILES string of the molecule is O=C(CNC(=O)N1CCOC(CF)C1)N1Cc2ccccc2C1.